The molecule has 0 aliphatic heterocycles. The largest absolute Gasteiger partial charge is 0.494 e. The molecule has 2 heterocycles. The molecule has 6 heteroatoms. The molecule has 0 amide bonds. The van der Waals surface area contributed by atoms with E-state index in [1.54, 1.807) is 17.7 Å². The van der Waals surface area contributed by atoms with Crippen LogP contribution in [-0.2, 0) is 0 Å². The molecular weight excluding hydrogens is 394 g/mol. The number of anilines is 2. The SMILES string of the molecule is CCCOc1ccccc1Nc1ncnc2sc(C)c(-c3ccc(OCC)cc3)c12. The average molecular weight is 420 g/mol. The zero-order valence-electron chi connectivity index (χ0n) is 17.4. The summed E-state index contributed by atoms with van der Waals surface area (Å²) in [5, 5.41) is 4.51. The fraction of sp³-hybridized carbons (Fsp3) is 0.250. The maximum Gasteiger partial charge on any atom is 0.143 e. The van der Waals surface area contributed by atoms with Crippen LogP contribution in [0.2, 0.25) is 0 Å². The second-order valence-corrected chi connectivity index (χ2v) is 8.07. The minimum absolute atomic E-state index is 0.654. The highest BCUT2D eigenvalue weighted by atomic mass is 32.1. The number of benzene rings is 2. The molecule has 0 bridgehead atoms. The van der Waals surface area contributed by atoms with Gasteiger partial charge in [-0.3, -0.25) is 0 Å². The van der Waals surface area contributed by atoms with Crippen molar-refractivity contribution in [2.45, 2.75) is 27.2 Å². The first kappa shape index (κ1) is 20.2. The van der Waals surface area contributed by atoms with E-state index in [1.807, 2.05) is 43.3 Å². The van der Waals surface area contributed by atoms with E-state index in [9.17, 15) is 0 Å². The van der Waals surface area contributed by atoms with E-state index >= 15 is 0 Å². The minimum Gasteiger partial charge on any atom is -0.494 e. The highest BCUT2D eigenvalue weighted by molar-refractivity contribution is 7.19. The van der Waals surface area contributed by atoms with E-state index in [-0.39, 0.29) is 0 Å². The number of ether oxygens (including phenoxy) is 2. The molecular formula is C24H25N3O2S. The molecule has 1 N–H and O–H groups in total. The Hall–Kier alpha value is -3.12. The highest BCUT2D eigenvalue weighted by Gasteiger charge is 2.18. The summed E-state index contributed by atoms with van der Waals surface area (Å²) in [6, 6.07) is 16.1. The van der Waals surface area contributed by atoms with Gasteiger partial charge in [-0.1, -0.05) is 31.2 Å². The molecule has 0 saturated heterocycles. The van der Waals surface area contributed by atoms with Crippen LogP contribution in [0.1, 0.15) is 25.1 Å². The summed E-state index contributed by atoms with van der Waals surface area (Å²) in [6.07, 6.45) is 2.57. The zero-order valence-corrected chi connectivity index (χ0v) is 18.3. The Bertz CT molecular complexity index is 1140. The van der Waals surface area contributed by atoms with Gasteiger partial charge < -0.3 is 14.8 Å². The molecule has 0 radical (unpaired) electrons. The van der Waals surface area contributed by atoms with Crippen LogP contribution in [0.5, 0.6) is 11.5 Å². The van der Waals surface area contributed by atoms with Gasteiger partial charge >= 0.3 is 0 Å². The Labute approximate surface area is 180 Å². The van der Waals surface area contributed by atoms with E-state index < -0.39 is 0 Å². The number of rotatable bonds is 8. The molecule has 0 fully saturated rings. The van der Waals surface area contributed by atoms with Gasteiger partial charge in [0.25, 0.3) is 0 Å². The lowest BCUT2D eigenvalue weighted by Crippen LogP contribution is -2.01. The van der Waals surface area contributed by atoms with Crippen LogP contribution in [0.15, 0.2) is 54.9 Å². The second kappa shape index (κ2) is 9.13. The number of thiophene rings is 1. The van der Waals surface area contributed by atoms with Crippen LogP contribution >= 0.6 is 11.3 Å². The number of nitrogens with zero attached hydrogens (tertiary/aromatic N) is 2. The van der Waals surface area contributed by atoms with Crippen LogP contribution in [-0.4, -0.2) is 23.2 Å². The summed E-state index contributed by atoms with van der Waals surface area (Å²) in [5.74, 6) is 2.47. The van der Waals surface area contributed by atoms with Gasteiger partial charge in [0.15, 0.2) is 0 Å². The topological polar surface area (TPSA) is 56.3 Å². The molecule has 4 rings (SSSR count). The standard InChI is InChI=1S/C24H25N3O2S/c1-4-14-29-20-9-7-6-8-19(20)27-23-22-21(16(3)30-24(22)26-15-25-23)17-10-12-18(13-11-17)28-5-2/h6-13,15H,4-5,14H2,1-3H3,(H,25,26,27). The molecule has 0 atom stereocenters. The Morgan fingerprint density at radius 2 is 1.77 bits per heavy atom. The lowest BCUT2D eigenvalue weighted by molar-refractivity contribution is 0.319. The summed E-state index contributed by atoms with van der Waals surface area (Å²) in [5.41, 5.74) is 3.16. The van der Waals surface area contributed by atoms with Crippen molar-refractivity contribution in [1.82, 2.24) is 9.97 Å². The molecule has 0 spiro atoms. The van der Waals surface area contributed by atoms with Crippen molar-refractivity contribution in [3.8, 4) is 22.6 Å². The van der Waals surface area contributed by atoms with Gasteiger partial charge in [-0.05, 0) is 50.1 Å². The molecule has 0 aliphatic carbocycles. The predicted octanol–water partition coefficient (Wildman–Crippen LogP) is 6.60. The first-order valence-corrected chi connectivity index (χ1v) is 11.0. The number of fused-ring (bicyclic) bond motifs is 1. The molecule has 0 aliphatic rings. The molecule has 4 aromatic rings. The quantitative estimate of drug-likeness (QED) is 0.349. The van der Waals surface area contributed by atoms with Crippen molar-refractivity contribution in [1.29, 1.82) is 0 Å². The summed E-state index contributed by atoms with van der Waals surface area (Å²) < 4.78 is 11.5. The molecule has 5 nitrogen and oxygen atoms in total. The number of aryl methyl sites for hydroxylation is 1. The third kappa shape index (κ3) is 4.09. The third-order valence-electron chi connectivity index (χ3n) is 4.72. The van der Waals surface area contributed by atoms with E-state index in [4.69, 9.17) is 9.47 Å². The first-order valence-electron chi connectivity index (χ1n) is 10.2. The van der Waals surface area contributed by atoms with Gasteiger partial charge in [0.1, 0.15) is 28.5 Å². The summed E-state index contributed by atoms with van der Waals surface area (Å²) in [6.45, 7) is 7.54. The minimum atomic E-state index is 0.654. The number of para-hydroxylation sites is 2. The van der Waals surface area contributed by atoms with E-state index in [1.165, 1.54) is 4.88 Å². The lowest BCUT2D eigenvalue weighted by Gasteiger charge is -2.13. The fourth-order valence-corrected chi connectivity index (χ4v) is 4.42. The van der Waals surface area contributed by atoms with Crippen molar-refractivity contribution in [3.63, 3.8) is 0 Å². The molecule has 154 valence electrons. The van der Waals surface area contributed by atoms with Crippen molar-refractivity contribution in [3.05, 3.63) is 59.7 Å². The highest BCUT2D eigenvalue weighted by Crippen LogP contribution is 2.42. The van der Waals surface area contributed by atoms with Crippen molar-refractivity contribution < 1.29 is 9.47 Å². The van der Waals surface area contributed by atoms with E-state index in [2.05, 4.69) is 41.3 Å². The number of nitrogens with one attached hydrogen (secondary N) is 1. The molecule has 0 saturated carbocycles. The second-order valence-electron chi connectivity index (χ2n) is 6.86. The van der Waals surface area contributed by atoms with Crippen molar-refractivity contribution >= 4 is 33.1 Å². The van der Waals surface area contributed by atoms with Gasteiger partial charge in [-0.25, -0.2) is 9.97 Å². The van der Waals surface area contributed by atoms with Crippen LogP contribution in [0, 0.1) is 6.92 Å². The first-order chi connectivity index (χ1) is 14.7. The van der Waals surface area contributed by atoms with Crippen LogP contribution in [0.4, 0.5) is 11.5 Å². The van der Waals surface area contributed by atoms with Gasteiger partial charge in [-0.2, -0.15) is 0 Å². The Balaban J connectivity index is 1.77. The van der Waals surface area contributed by atoms with Gasteiger partial charge in [0.2, 0.25) is 0 Å². The predicted molar refractivity (Wildman–Crippen MR) is 124 cm³/mol. The Morgan fingerprint density at radius 1 is 0.967 bits per heavy atom. The van der Waals surface area contributed by atoms with Gasteiger partial charge in [-0.15, -0.1) is 11.3 Å². The Kier molecular flexibility index (Phi) is 6.14. The fourth-order valence-electron chi connectivity index (χ4n) is 3.41. The smallest absolute Gasteiger partial charge is 0.143 e. The molecule has 2 aromatic carbocycles. The lowest BCUT2D eigenvalue weighted by atomic mass is 10.0. The third-order valence-corrected chi connectivity index (χ3v) is 5.73. The van der Waals surface area contributed by atoms with Gasteiger partial charge in [0.05, 0.1) is 24.3 Å². The van der Waals surface area contributed by atoms with Crippen LogP contribution in [0.3, 0.4) is 0 Å². The number of hydrogen-bond donors (Lipinski definition) is 1. The summed E-state index contributed by atoms with van der Waals surface area (Å²) in [7, 11) is 0. The molecule has 2 aromatic heterocycles. The average Bonchev–Trinajstić information content (AvgIpc) is 3.11. The van der Waals surface area contributed by atoms with Crippen molar-refractivity contribution in [2.24, 2.45) is 0 Å². The monoisotopic (exact) mass is 419 g/mol. The molecule has 0 unspecified atom stereocenters. The summed E-state index contributed by atoms with van der Waals surface area (Å²) >= 11 is 1.68. The van der Waals surface area contributed by atoms with Crippen LogP contribution in [0.25, 0.3) is 21.3 Å². The zero-order chi connectivity index (χ0) is 20.9. The number of hydrogen-bond acceptors (Lipinski definition) is 6. The van der Waals surface area contributed by atoms with E-state index in [0.29, 0.717) is 13.2 Å². The van der Waals surface area contributed by atoms with E-state index in [0.717, 1.165) is 50.8 Å². The maximum absolute atomic E-state index is 5.91. The van der Waals surface area contributed by atoms with Crippen molar-refractivity contribution in [2.75, 3.05) is 18.5 Å². The summed E-state index contributed by atoms with van der Waals surface area (Å²) in [4.78, 5) is 11.3. The van der Waals surface area contributed by atoms with Gasteiger partial charge in [0, 0.05) is 10.4 Å². The molecule has 30 heavy (non-hydrogen) atoms. The maximum atomic E-state index is 5.91. The van der Waals surface area contributed by atoms with Crippen LogP contribution < -0.4 is 14.8 Å². The Morgan fingerprint density at radius 3 is 2.53 bits per heavy atom. The number of aromatic nitrogens is 2. The normalized spacial score (nSPS) is 10.9.